The highest BCUT2D eigenvalue weighted by Gasteiger charge is 2.30. The summed E-state index contributed by atoms with van der Waals surface area (Å²) in [7, 11) is 2.88. The van der Waals surface area contributed by atoms with Crippen LogP contribution in [0, 0.1) is 16.0 Å². The zero-order valence-corrected chi connectivity index (χ0v) is 12.7. The number of benzene rings is 1. The van der Waals surface area contributed by atoms with Gasteiger partial charge in [-0.05, 0) is 24.8 Å². The van der Waals surface area contributed by atoms with Crippen molar-refractivity contribution in [3.8, 4) is 17.2 Å². The number of aromatic nitrogens is 1. The van der Waals surface area contributed by atoms with Crippen molar-refractivity contribution in [3.63, 3.8) is 0 Å². The molecule has 1 saturated carbocycles. The number of hydrogen-bond donors (Lipinski definition) is 1. The van der Waals surface area contributed by atoms with E-state index in [1.807, 2.05) is 0 Å². The molecule has 8 nitrogen and oxygen atoms in total. The normalized spacial score (nSPS) is 14.0. The molecule has 0 saturated heterocycles. The first-order valence-electron chi connectivity index (χ1n) is 7.13. The average molecular weight is 320 g/mol. The maximum Gasteiger partial charge on any atom is 0.375 e. The Hall–Kier alpha value is -2.77. The Labute approximate surface area is 131 Å². The van der Waals surface area contributed by atoms with Gasteiger partial charge in [-0.2, -0.15) is 0 Å². The number of nitro groups is 1. The molecule has 0 radical (unpaired) electrons. The molecule has 0 amide bonds. The molecule has 1 aromatic heterocycles. The molecular weight excluding hydrogens is 304 g/mol. The van der Waals surface area contributed by atoms with Gasteiger partial charge in [0.15, 0.2) is 11.5 Å². The highest BCUT2D eigenvalue weighted by atomic mass is 16.6. The summed E-state index contributed by atoms with van der Waals surface area (Å²) < 4.78 is 11.7. The van der Waals surface area contributed by atoms with Crippen molar-refractivity contribution in [2.24, 2.45) is 5.92 Å². The molecule has 1 aliphatic rings. The summed E-state index contributed by atoms with van der Waals surface area (Å²) in [6, 6.07) is 3.00. The lowest BCUT2D eigenvalue weighted by molar-refractivity contribution is -0.387. The average Bonchev–Trinajstić information content (AvgIpc) is 3.34. The van der Waals surface area contributed by atoms with Crippen LogP contribution in [-0.2, 0) is 6.54 Å². The molecule has 0 aliphatic heterocycles. The predicted molar refractivity (Wildman–Crippen MR) is 82.4 cm³/mol. The van der Waals surface area contributed by atoms with E-state index in [1.54, 1.807) is 6.07 Å². The fourth-order valence-corrected chi connectivity index (χ4v) is 2.65. The lowest BCUT2D eigenvalue weighted by Crippen LogP contribution is -2.24. The zero-order chi connectivity index (χ0) is 16.7. The van der Waals surface area contributed by atoms with Crippen LogP contribution in [0.5, 0.6) is 17.2 Å². The molecule has 1 heterocycles. The number of pyridine rings is 1. The lowest BCUT2D eigenvalue weighted by atomic mass is 10.1. The van der Waals surface area contributed by atoms with Crippen molar-refractivity contribution < 1.29 is 19.5 Å². The molecule has 23 heavy (non-hydrogen) atoms. The topological polar surface area (TPSA) is 104 Å². The van der Waals surface area contributed by atoms with Crippen molar-refractivity contribution in [3.05, 3.63) is 32.6 Å². The second-order valence-corrected chi connectivity index (χ2v) is 5.54. The van der Waals surface area contributed by atoms with Crippen LogP contribution in [0.1, 0.15) is 12.8 Å². The SMILES string of the molecule is COc1cc2c(O)c([N+](=O)[O-])c(=O)n(CC3CC3)c2cc1OC. The van der Waals surface area contributed by atoms with Crippen LogP contribution in [-0.4, -0.2) is 28.8 Å². The van der Waals surface area contributed by atoms with Crippen molar-refractivity contribution >= 4 is 16.6 Å². The van der Waals surface area contributed by atoms with Crippen LogP contribution in [0.2, 0.25) is 0 Å². The van der Waals surface area contributed by atoms with E-state index in [-0.39, 0.29) is 5.39 Å². The first kappa shape index (κ1) is 15.1. The molecule has 2 aromatic rings. The first-order chi connectivity index (χ1) is 11.0. The van der Waals surface area contributed by atoms with E-state index in [0.29, 0.717) is 29.5 Å². The van der Waals surface area contributed by atoms with Crippen LogP contribution in [0.15, 0.2) is 16.9 Å². The molecule has 1 N–H and O–H groups in total. The van der Waals surface area contributed by atoms with E-state index in [4.69, 9.17) is 9.47 Å². The summed E-state index contributed by atoms with van der Waals surface area (Å²) in [4.78, 5) is 22.8. The van der Waals surface area contributed by atoms with Gasteiger partial charge in [-0.25, -0.2) is 0 Å². The molecular formula is C15H16N2O6. The van der Waals surface area contributed by atoms with Crippen molar-refractivity contribution in [1.29, 1.82) is 0 Å². The van der Waals surface area contributed by atoms with E-state index in [2.05, 4.69) is 0 Å². The largest absolute Gasteiger partial charge is 0.501 e. The summed E-state index contributed by atoms with van der Waals surface area (Å²) in [5.41, 5.74) is -1.23. The molecule has 122 valence electrons. The number of fused-ring (bicyclic) bond motifs is 1. The molecule has 8 heteroatoms. The monoisotopic (exact) mass is 320 g/mol. The Balaban J connectivity index is 2.40. The molecule has 0 bridgehead atoms. The molecule has 1 aliphatic carbocycles. The molecule has 0 spiro atoms. The van der Waals surface area contributed by atoms with E-state index >= 15 is 0 Å². The van der Waals surface area contributed by atoms with Crippen LogP contribution in [0.4, 0.5) is 5.69 Å². The summed E-state index contributed by atoms with van der Waals surface area (Å²) in [6.45, 7) is 0.381. The number of ether oxygens (including phenoxy) is 2. The fourth-order valence-electron chi connectivity index (χ4n) is 2.65. The van der Waals surface area contributed by atoms with Crippen LogP contribution < -0.4 is 15.0 Å². The molecule has 1 fully saturated rings. The minimum Gasteiger partial charge on any atom is -0.501 e. The quantitative estimate of drug-likeness (QED) is 0.668. The van der Waals surface area contributed by atoms with Crippen molar-refractivity contribution in [2.75, 3.05) is 14.2 Å². The predicted octanol–water partition coefficient (Wildman–Crippen LogP) is 2.04. The number of methoxy groups -OCH3 is 2. The van der Waals surface area contributed by atoms with Crippen LogP contribution in [0.25, 0.3) is 10.9 Å². The van der Waals surface area contributed by atoms with Gasteiger partial charge in [-0.1, -0.05) is 0 Å². The van der Waals surface area contributed by atoms with Gasteiger partial charge in [0, 0.05) is 12.6 Å². The number of aromatic hydroxyl groups is 1. The van der Waals surface area contributed by atoms with Gasteiger partial charge in [-0.15, -0.1) is 0 Å². The Kier molecular flexibility index (Phi) is 3.59. The Morgan fingerprint density at radius 3 is 2.43 bits per heavy atom. The lowest BCUT2D eigenvalue weighted by Gasteiger charge is -2.14. The third kappa shape index (κ3) is 2.45. The highest BCUT2D eigenvalue weighted by molar-refractivity contribution is 5.91. The van der Waals surface area contributed by atoms with E-state index in [0.717, 1.165) is 12.8 Å². The van der Waals surface area contributed by atoms with Gasteiger partial charge in [0.25, 0.3) is 0 Å². The van der Waals surface area contributed by atoms with Gasteiger partial charge >= 0.3 is 11.2 Å². The van der Waals surface area contributed by atoms with Gasteiger partial charge < -0.3 is 19.1 Å². The van der Waals surface area contributed by atoms with Crippen LogP contribution >= 0.6 is 0 Å². The third-order valence-electron chi connectivity index (χ3n) is 4.04. The molecule has 3 rings (SSSR count). The number of rotatable bonds is 5. The van der Waals surface area contributed by atoms with Crippen molar-refractivity contribution in [2.45, 2.75) is 19.4 Å². The maximum atomic E-state index is 12.5. The maximum absolute atomic E-state index is 12.5. The van der Waals surface area contributed by atoms with E-state index in [1.165, 1.54) is 24.9 Å². The first-order valence-corrected chi connectivity index (χ1v) is 7.13. The van der Waals surface area contributed by atoms with E-state index in [9.17, 15) is 20.0 Å². The second-order valence-electron chi connectivity index (χ2n) is 5.54. The summed E-state index contributed by atoms with van der Waals surface area (Å²) in [5, 5.41) is 21.6. The van der Waals surface area contributed by atoms with Crippen LogP contribution in [0.3, 0.4) is 0 Å². The molecule has 0 atom stereocenters. The smallest absolute Gasteiger partial charge is 0.375 e. The standard InChI is InChI=1S/C15H16N2O6/c1-22-11-5-9-10(6-12(11)23-2)16(7-8-3-4-8)15(19)13(14(9)18)17(20)21/h5-6,8,18H,3-4,7H2,1-2H3. The van der Waals surface area contributed by atoms with Gasteiger partial charge in [-0.3, -0.25) is 14.9 Å². The molecule has 0 unspecified atom stereocenters. The fraction of sp³-hybridized carbons (Fsp3) is 0.400. The van der Waals surface area contributed by atoms with Gasteiger partial charge in [0.1, 0.15) is 0 Å². The number of hydrogen-bond acceptors (Lipinski definition) is 6. The van der Waals surface area contributed by atoms with Crippen molar-refractivity contribution in [1.82, 2.24) is 4.57 Å². The minimum absolute atomic E-state index is 0.189. The summed E-state index contributed by atoms with van der Waals surface area (Å²) >= 11 is 0. The summed E-state index contributed by atoms with van der Waals surface area (Å²) in [6.07, 6.45) is 1.96. The van der Waals surface area contributed by atoms with Gasteiger partial charge in [0.05, 0.1) is 30.0 Å². The molecule has 1 aromatic carbocycles. The Bertz CT molecular complexity index is 853. The zero-order valence-electron chi connectivity index (χ0n) is 12.7. The third-order valence-corrected chi connectivity index (χ3v) is 4.04. The Morgan fingerprint density at radius 2 is 1.91 bits per heavy atom. The van der Waals surface area contributed by atoms with Gasteiger partial charge in [0.2, 0.25) is 5.75 Å². The minimum atomic E-state index is -0.850. The van der Waals surface area contributed by atoms with E-state index < -0.39 is 21.9 Å². The highest BCUT2D eigenvalue weighted by Crippen LogP contribution is 2.39. The second kappa shape index (κ2) is 5.45. The summed E-state index contributed by atoms with van der Waals surface area (Å²) in [5.74, 6) is 0.384. The number of nitrogens with zero attached hydrogens (tertiary/aromatic N) is 2. The Morgan fingerprint density at radius 1 is 1.30 bits per heavy atom.